The molecule has 8 nitrogen and oxygen atoms in total. The number of nitrogens with zero attached hydrogens (tertiary/aromatic N) is 3. The Morgan fingerprint density at radius 1 is 1.12 bits per heavy atom. The standard InChI is InChI=1S/C25H32N4O4S/c1-18-6-8-19(9-7-18)23(31)29-20(22(30)26-12-15-27(2)3)17-33-25(29)10-13-28(14-11-25)24(32)21-5-4-16-34-21/h4-9,16,20H,10-15,17H2,1-3H3,(H,26,30). The first-order valence-corrected chi connectivity index (χ1v) is 12.5. The number of thiophene rings is 1. The minimum Gasteiger partial charge on any atom is -0.353 e. The van der Waals surface area contributed by atoms with Crippen molar-refractivity contribution in [1.82, 2.24) is 20.0 Å². The van der Waals surface area contributed by atoms with Gasteiger partial charge in [-0.25, -0.2) is 0 Å². The van der Waals surface area contributed by atoms with Gasteiger partial charge in [-0.15, -0.1) is 11.3 Å². The molecule has 0 radical (unpaired) electrons. The predicted octanol–water partition coefficient (Wildman–Crippen LogP) is 2.21. The molecule has 9 heteroatoms. The van der Waals surface area contributed by atoms with E-state index in [2.05, 4.69) is 5.32 Å². The summed E-state index contributed by atoms with van der Waals surface area (Å²) >= 11 is 1.42. The monoisotopic (exact) mass is 484 g/mol. The van der Waals surface area contributed by atoms with Crippen molar-refractivity contribution in [3.8, 4) is 0 Å². The van der Waals surface area contributed by atoms with Crippen LogP contribution in [0.15, 0.2) is 41.8 Å². The fourth-order valence-corrected chi connectivity index (χ4v) is 5.23. The molecule has 34 heavy (non-hydrogen) atoms. The lowest BCUT2D eigenvalue weighted by molar-refractivity contribution is -0.128. The first kappa shape index (κ1) is 24.4. The number of hydrogen-bond acceptors (Lipinski definition) is 6. The number of rotatable bonds is 6. The second-order valence-electron chi connectivity index (χ2n) is 9.18. The summed E-state index contributed by atoms with van der Waals surface area (Å²) in [5, 5.41) is 4.84. The van der Waals surface area contributed by atoms with E-state index in [4.69, 9.17) is 4.74 Å². The first-order chi connectivity index (χ1) is 16.3. The lowest BCUT2D eigenvalue weighted by Crippen LogP contribution is -2.60. The Hall–Kier alpha value is -2.75. The van der Waals surface area contributed by atoms with E-state index in [-0.39, 0.29) is 24.3 Å². The SMILES string of the molecule is Cc1ccc(C(=O)N2C(C(=O)NCCN(C)C)COC23CCN(C(=O)c2cccs2)CC3)cc1. The van der Waals surface area contributed by atoms with Crippen LogP contribution in [0.2, 0.25) is 0 Å². The summed E-state index contributed by atoms with van der Waals surface area (Å²) in [6, 6.07) is 10.3. The highest BCUT2D eigenvalue weighted by Crippen LogP contribution is 2.39. The van der Waals surface area contributed by atoms with Gasteiger partial charge in [-0.1, -0.05) is 23.8 Å². The molecule has 1 atom stereocenters. The number of likely N-dealkylation sites (tertiary alicyclic amines) is 1. The molecule has 2 saturated heterocycles. The van der Waals surface area contributed by atoms with Crippen LogP contribution in [0.3, 0.4) is 0 Å². The highest BCUT2D eigenvalue weighted by molar-refractivity contribution is 7.12. The van der Waals surface area contributed by atoms with Crippen molar-refractivity contribution in [2.24, 2.45) is 0 Å². The number of nitrogens with one attached hydrogen (secondary N) is 1. The van der Waals surface area contributed by atoms with Crippen LogP contribution in [0.5, 0.6) is 0 Å². The fraction of sp³-hybridized carbons (Fsp3) is 0.480. The molecule has 0 bridgehead atoms. The Kier molecular flexibility index (Phi) is 7.35. The Morgan fingerprint density at radius 3 is 2.44 bits per heavy atom. The molecule has 0 saturated carbocycles. The molecule has 1 aromatic heterocycles. The summed E-state index contributed by atoms with van der Waals surface area (Å²) in [5.74, 6) is -0.434. The molecule has 1 spiro atoms. The number of likely N-dealkylation sites (N-methyl/N-ethyl adjacent to an activating group) is 1. The van der Waals surface area contributed by atoms with Crippen LogP contribution in [0, 0.1) is 6.92 Å². The molecule has 4 rings (SSSR count). The molecular formula is C25H32N4O4S. The van der Waals surface area contributed by atoms with Gasteiger partial charge in [0.05, 0.1) is 11.5 Å². The Bertz CT molecular complexity index is 1010. The maximum absolute atomic E-state index is 13.7. The highest BCUT2D eigenvalue weighted by Gasteiger charge is 2.54. The van der Waals surface area contributed by atoms with Crippen molar-refractivity contribution in [3.05, 3.63) is 57.8 Å². The van der Waals surface area contributed by atoms with Gasteiger partial charge in [0.1, 0.15) is 11.8 Å². The van der Waals surface area contributed by atoms with Crippen LogP contribution >= 0.6 is 11.3 Å². The van der Waals surface area contributed by atoms with Crippen molar-refractivity contribution >= 4 is 29.1 Å². The largest absolute Gasteiger partial charge is 0.353 e. The van der Waals surface area contributed by atoms with Crippen LogP contribution in [0.4, 0.5) is 0 Å². The number of piperidine rings is 1. The molecule has 1 N–H and O–H groups in total. The zero-order valence-corrected chi connectivity index (χ0v) is 20.8. The summed E-state index contributed by atoms with van der Waals surface area (Å²) < 4.78 is 6.24. The smallest absolute Gasteiger partial charge is 0.263 e. The van der Waals surface area contributed by atoms with Gasteiger partial charge >= 0.3 is 0 Å². The molecule has 3 heterocycles. The molecule has 2 fully saturated rings. The van der Waals surface area contributed by atoms with Crippen molar-refractivity contribution in [1.29, 1.82) is 0 Å². The number of carbonyl (C=O) groups excluding carboxylic acids is 3. The Labute approximate surface area is 204 Å². The van der Waals surface area contributed by atoms with Gasteiger partial charge in [0.15, 0.2) is 0 Å². The lowest BCUT2D eigenvalue weighted by atomic mass is 9.96. The second-order valence-corrected chi connectivity index (χ2v) is 10.1. The summed E-state index contributed by atoms with van der Waals surface area (Å²) in [5.41, 5.74) is 0.679. The molecule has 1 aromatic carbocycles. The molecule has 0 aliphatic carbocycles. The van der Waals surface area contributed by atoms with Crippen LogP contribution in [-0.4, -0.2) is 91.1 Å². The number of carbonyl (C=O) groups is 3. The van der Waals surface area contributed by atoms with Crippen molar-refractivity contribution in [2.45, 2.75) is 31.5 Å². The molecule has 2 aliphatic rings. The summed E-state index contributed by atoms with van der Waals surface area (Å²) in [7, 11) is 3.89. The van der Waals surface area contributed by atoms with E-state index in [0.29, 0.717) is 49.5 Å². The zero-order valence-electron chi connectivity index (χ0n) is 20.0. The summed E-state index contributed by atoms with van der Waals surface area (Å²) in [4.78, 5) is 45.8. The van der Waals surface area contributed by atoms with E-state index in [1.54, 1.807) is 21.9 Å². The lowest BCUT2D eigenvalue weighted by Gasteiger charge is -2.44. The average Bonchev–Trinajstić information content (AvgIpc) is 3.48. The van der Waals surface area contributed by atoms with Gasteiger partial charge < -0.3 is 19.9 Å². The summed E-state index contributed by atoms with van der Waals surface area (Å²) in [6.45, 7) is 4.23. The van der Waals surface area contributed by atoms with Gasteiger partial charge in [0.2, 0.25) is 5.91 Å². The number of ether oxygens (including phenoxy) is 1. The number of aryl methyl sites for hydroxylation is 1. The quantitative estimate of drug-likeness (QED) is 0.680. The van der Waals surface area contributed by atoms with Gasteiger partial charge in [0.25, 0.3) is 11.8 Å². The Morgan fingerprint density at radius 2 is 1.82 bits per heavy atom. The minimum atomic E-state index is -0.905. The normalized spacial score (nSPS) is 19.6. The van der Waals surface area contributed by atoms with Gasteiger partial charge in [-0.05, 0) is 44.6 Å². The average molecular weight is 485 g/mol. The van der Waals surface area contributed by atoms with Crippen LogP contribution in [0.25, 0.3) is 0 Å². The fourth-order valence-electron chi connectivity index (χ4n) is 4.54. The summed E-state index contributed by atoms with van der Waals surface area (Å²) in [6.07, 6.45) is 0.923. The zero-order chi connectivity index (χ0) is 24.3. The highest BCUT2D eigenvalue weighted by atomic mass is 32.1. The van der Waals surface area contributed by atoms with Crippen molar-refractivity contribution in [2.75, 3.05) is 46.9 Å². The molecule has 2 aromatic rings. The van der Waals surface area contributed by atoms with Gasteiger partial charge in [0, 0.05) is 44.6 Å². The van der Waals surface area contributed by atoms with Crippen molar-refractivity contribution in [3.63, 3.8) is 0 Å². The van der Waals surface area contributed by atoms with Crippen LogP contribution < -0.4 is 5.32 Å². The number of amides is 3. The number of benzene rings is 1. The molecular weight excluding hydrogens is 452 g/mol. The minimum absolute atomic E-state index is 0.00256. The van der Waals surface area contributed by atoms with E-state index in [1.165, 1.54) is 11.3 Å². The Balaban J connectivity index is 1.54. The molecule has 1 unspecified atom stereocenters. The van der Waals surface area contributed by atoms with Gasteiger partial charge in [-0.2, -0.15) is 0 Å². The third-order valence-electron chi connectivity index (χ3n) is 6.50. The van der Waals surface area contributed by atoms with E-state index in [1.807, 2.05) is 55.6 Å². The topological polar surface area (TPSA) is 82.2 Å². The third kappa shape index (κ3) is 5.01. The maximum Gasteiger partial charge on any atom is 0.263 e. The van der Waals surface area contributed by atoms with Crippen LogP contribution in [-0.2, 0) is 9.53 Å². The van der Waals surface area contributed by atoms with E-state index in [0.717, 1.165) is 5.56 Å². The van der Waals surface area contributed by atoms with Crippen LogP contribution in [0.1, 0.15) is 38.4 Å². The number of hydrogen-bond donors (Lipinski definition) is 1. The second kappa shape index (κ2) is 10.2. The first-order valence-electron chi connectivity index (χ1n) is 11.6. The maximum atomic E-state index is 13.7. The van der Waals surface area contributed by atoms with E-state index < -0.39 is 11.8 Å². The molecule has 3 amide bonds. The van der Waals surface area contributed by atoms with Crippen molar-refractivity contribution < 1.29 is 19.1 Å². The molecule has 2 aliphatic heterocycles. The van der Waals surface area contributed by atoms with E-state index >= 15 is 0 Å². The predicted molar refractivity (Wildman–Crippen MR) is 131 cm³/mol. The molecule has 182 valence electrons. The van der Waals surface area contributed by atoms with Gasteiger partial charge in [-0.3, -0.25) is 19.3 Å². The van der Waals surface area contributed by atoms with E-state index in [9.17, 15) is 14.4 Å². The third-order valence-corrected chi connectivity index (χ3v) is 7.36.